The van der Waals surface area contributed by atoms with Crippen molar-refractivity contribution in [3.8, 4) is 0 Å². The van der Waals surface area contributed by atoms with Crippen molar-refractivity contribution < 1.29 is 4.79 Å². The van der Waals surface area contributed by atoms with Crippen LogP contribution in [-0.2, 0) is 7.05 Å². The number of rotatable bonds is 3. The summed E-state index contributed by atoms with van der Waals surface area (Å²) in [7, 11) is 3.50. The first-order chi connectivity index (χ1) is 8.61. The standard InChI is InChI=1S/C12H15N5O/c1-8-4-5-9(10(6-8)13-2)11(18)16-12-14-7-15-17(12)3/h4-7,13H,1-3H3,(H,14,15,16,18). The Morgan fingerprint density at radius 2 is 2.17 bits per heavy atom. The van der Waals surface area contributed by atoms with Crippen molar-refractivity contribution in [2.45, 2.75) is 6.92 Å². The highest BCUT2D eigenvalue weighted by atomic mass is 16.1. The van der Waals surface area contributed by atoms with E-state index in [0.717, 1.165) is 11.3 Å². The van der Waals surface area contributed by atoms with E-state index in [4.69, 9.17) is 0 Å². The highest BCUT2D eigenvalue weighted by molar-refractivity contribution is 6.07. The lowest BCUT2D eigenvalue weighted by atomic mass is 10.1. The van der Waals surface area contributed by atoms with Crippen LogP contribution in [0.2, 0.25) is 0 Å². The molecule has 2 aromatic rings. The van der Waals surface area contributed by atoms with Crippen LogP contribution in [0.3, 0.4) is 0 Å². The van der Waals surface area contributed by atoms with Gasteiger partial charge >= 0.3 is 0 Å². The molecule has 94 valence electrons. The second kappa shape index (κ2) is 4.87. The van der Waals surface area contributed by atoms with E-state index in [2.05, 4.69) is 20.7 Å². The molecule has 1 aromatic heterocycles. The van der Waals surface area contributed by atoms with E-state index in [1.165, 1.54) is 11.0 Å². The summed E-state index contributed by atoms with van der Waals surface area (Å²) in [4.78, 5) is 16.1. The fourth-order valence-corrected chi connectivity index (χ4v) is 1.64. The highest BCUT2D eigenvalue weighted by Gasteiger charge is 2.13. The first-order valence-electron chi connectivity index (χ1n) is 5.55. The number of nitrogens with one attached hydrogen (secondary N) is 2. The molecule has 0 saturated heterocycles. The third-order valence-electron chi connectivity index (χ3n) is 2.63. The predicted octanol–water partition coefficient (Wildman–Crippen LogP) is 1.42. The second-order valence-corrected chi connectivity index (χ2v) is 3.96. The first-order valence-corrected chi connectivity index (χ1v) is 5.55. The molecule has 0 bridgehead atoms. The van der Waals surface area contributed by atoms with Gasteiger partial charge in [-0.15, -0.1) is 0 Å². The van der Waals surface area contributed by atoms with Crippen molar-refractivity contribution in [2.75, 3.05) is 17.7 Å². The summed E-state index contributed by atoms with van der Waals surface area (Å²) in [5, 5.41) is 9.61. The number of hydrogen-bond donors (Lipinski definition) is 2. The van der Waals surface area contributed by atoms with E-state index >= 15 is 0 Å². The van der Waals surface area contributed by atoms with Crippen LogP contribution in [0, 0.1) is 6.92 Å². The van der Waals surface area contributed by atoms with Gasteiger partial charge in [0.25, 0.3) is 5.91 Å². The fourth-order valence-electron chi connectivity index (χ4n) is 1.64. The van der Waals surface area contributed by atoms with Crippen molar-refractivity contribution in [1.82, 2.24) is 14.8 Å². The van der Waals surface area contributed by atoms with Crippen molar-refractivity contribution in [3.63, 3.8) is 0 Å². The molecule has 1 aromatic carbocycles. The van der Waals surface area contributed by atoms with Crippen LogP contribution in [-0.4, -0.2) is 27.7 Å². The zero-order valence-electron chi connectivity index (χ0n) is 10.6. The van der Waals surface area contributed by atoms with Crippen molar-refractivity contribution >= 4 is 17.5 Å². The quantitative estimate of drug-likeness (QED) is 0.857. The summed E-state index contributed by atoms with van der Waals surface area (Å²) in [6, 6.07) is 5.60. The van der Waals surface area contributed by atoms with E-state index < -0.39 is 0 Å². The molecule has 2 rings (SSSR count). The minimum atomic E-state index is -0.213. The maximum absolute atomic E-state index is 12.1. The molecule has 0 atom stereocenters. The predicted molar refractivity (Wildman–Crippen MR) is 69.7 cm³/mol. The van der Waals surface area contributed by atoms with Gasteiger partial charge < -0.3 is 5.32 Å². The molecule has 0 spiro atoms. The van der Waals surface area contributed by atoms with Gasteiger partial charge in [0.05, 0.1) is 5.56 Å². The van der Waals surface area contributed by atoms with Crippen LogP contribution in [0.4, 0.5) is 11.6 Å². The van der Waals surface area contributed by atoms with Gasteiger partial charge in [0.1, 0.15) is 6.33 Å². The smallest absolute Gasteiger partial charge is 0.260 e. The summed E-state index contributed by atoms with van der Waals surface area (Å²) in [6.45, 7) is 1.98. The van der Waals surface area contributed by atoms with Gasteiger partial charge in [0, 0.05) is 19.8 Å². The third kappa shape index (κ3) is 2.32. The molecule has 1 heterocycles. The fraction of sp³-hybridized carbons (Fsp3) is 0.250. The van der Waals surface area contributed by atoms with Crippen molar-refractivity contribution in [1.29, 1.82) is 0 Å². The number of carbonyl (C=O) groups excluding carboxylic acids is 1. The molecule has 0 aliphatic rings. The van der Waals surface area contributed by atoms with Crippen molar-refractivity contribution in [2.24, 2.45) is 7.05 Å². The number of benzene rings is 1. The lowest BCUT2D eigenvalue weighted by Gasteiger charge is -2.10. The van der Waals surface area contributed by atoms with E-state index in [9.17, 15) is 4.79 Å². The Morgan fingerprint density at radius 1 is 1.39 bits per heavy atom. The van der Waals surface area contributed by atoms with Crippen LogP contribution in [0.15, 0.2) is 24.5 Å². The minimum absolute atomic E-state index is 0.213. The van der Waals surface area contributed by atoms with Gasteiger partial charge in [-0.1, -0.05) is 6.07 Å². The van der Waals surface area contributed by atoms with Crippen molar-refractivity contribution in [3.05, 3.63) is 35.7 Å². The van der Waals surface area contributed by atoms with Crippen LogP contribution in [0.5, 0.6) is 0 Å². The van der Waals surface area contributed by atoms with E-state index in [1.54, 1.807) is 20.2 Å². The Kier molecular flexibility index (Phi) is 3.27. The average Bonchev–Trinajstić information content (AvgIpc) is 2.74. The average molecular weight is 245 g/mol. The zero-order chi connectivity index (χ0) is 13.1. The number of aryl methyl sites for hydroxylation is 2. The molecule has 0 radical (unpaired) electrons. The zero-order valence-corrected chi connectivity index (χ0v) is 10.6. The number of carbonyl (C=O) groups is 1. The number of nitrogens with zero attached hydrogens (tertiary/aromatic N) is 3. The molecule has 0 unspecified atom stereocenters. The normalized spacial score (nSPS) is 10.2. The lowest BCUT2D eigenvalue weighted by molar-refractivity contribution is 0.102. The van der Waals surface area contributed by atoms with Gasteiger partial charge in [-0.25, -0.2) is 4.68 Å². The summed E-state index contributed by atoms with van der Waals surface area (Å²) in [5.41, 5.74) is 2.45. The SMILES string of the molecule is CNc1cc(C)ccc1C(=O)Nc1ncnn1C. The molecular formula is C12H15N5O. The van der Waals surface area contributed by atoms with Gasteiger partial charge in [-0.2, -0.15) is 10.1 Å². The Morgan fingerprint density at radius 3 is 2.78 bits per heavy atom. The Balaban J connectivity index is 2.26. The number of hydrogen-bond acceptors (Lipinski definition) is 4. The topological polar surface area (TPSA) is 71.8 Å². The Labute approximate surface area is 105 Å². The van der Waals surface area contributed by atoms with Crippen LogP contribution in [0.1, 0.15) is 15.9 Å². The summed E-state index contributed by atoms with van der Waals surface area (Å²) < 4.78 is 1.51. The maximum atomic E-state index is 12.1. The molecule has 18 heavy (non-hydrogen) atoms. The maximum Gasteiger partial charge on any atom is 0.260 e. The number of amides is 1. The summed E-state index contributed by atoms with van der Waals surface area (Å²) in [5.74, 6) is 0.207. The van der Waals surface area contributed by atoms with Crippen LogP contribution >= 0.6 is 0 Å². The minimum Gasteiger partial charge on any atom is -0.387 e. The largest absolute Gasteiger partial charge is 0.387 e. The van der Waals surface area contributed by atoms with Gasteiger partial charge in [0.2, 0.25) is 5.95 Å². The van der Waals surface area contributed by atoms with Gasteiger partial charge in [-0.05, 0) is 24.6 Å². The first kappa shape index (κ1) is 12.1. The van der Waals surface area contributed by atoms with E-state index in [1.807, 2.05) is 19.1 Å². The van der Waals surface area contributed by atoms with Crippen LogP contribution in [0.25, 0.3) is 0 Å². The molecule has 2 N–H and O–H groups in total. The Hall–Kier alpha value is -2.37. The molecule has 6 nitrogen and oxygen atoms in total. The monoisotopic (exact) mass is 245 g/mol. The number of anilines is 2. The Bertz CT molecular complexity index is 576. The molecule has 0 aliphatic heterocycles. The molecule has 0 saturated carbocycles. The number of aromatic nitrogens is 3. The molecule has 1 amide bonds. The summed E-state index contributed by atoms with van der Waals surface area (Å²) in [6.07, 6.45) is 1.39. The van der Waals surface area contributed by atoms with E-state index in [0.29, 0.717) is 11.5 Å². The van der Waals surface area contributed by atoms with Gasteiger partial charge in [-0.3, -0.25) is 10.1 Å². The molecule has 0 aliphatic carbocycles. The van der Waals surface area contributed by atoms with E-state index in [-0.39, 0.29) is 5.91 Å². The second-order valence-electron chi connectivity index (χ2n) is 3.96. The molecular weight excluding hydrogens is 230 g/mol. The summed E-state index contributed by atoms with van der Waals surface area (Å²) >= 11 is 0. The lowest BCUT2D eigenvalue weighted by Crippen LogP contribution is -2.17. The molecule has 0 fully saturated rings. The third-order valence-corrected chi connectivity index (χ3v) is 2.63. The van der Waals surface area contributed by atoms with Crippen LogP contribution < -0.4 is 10.6 Å². The highest BCUT2D eigenvalue weighted by Crippen LogP contribution is 2.18. The molecule has 6 heteroatoms. The van der Waals surface area contributed by atoms with Gasteiger partial charge in [0.15, 0.2) is 0 Å².